The van der Waals surface area contributed by atoms with E-state index < -0.39 is 0 Å². The van der Waals surface area contributed by atoms with Crippen molar-refractivity contribution in [1.29, 1.82) is 0 Å². The average Bonchev–Trinajstić information content (AvgIpc) is 3.06. The van der Waals surface area contributed by atoms with Crippen molar-refractivity contribution in [3.05, 3.63) is 42.1 Å². The van der Waals surface area contributed by atoms with Crippen LogP contribution in [0.2, 0.25) is 0 Å². The first-order valence-corrected chi connectivity index (χ1v) is 6.55. The van der Waals surface area contributed by atoms with E-state index in [9.17, 15) is 0 Å². The van der Waals surface area contributed by atoms with E-state index in [1.54, 1.807) is 0 Å². The lowest BCUT2D eigenvalue weighted by atomic mass is 9.97. The fourth-order valence-corrected chi connectivity index (χ4v) is 2.77. The second kappa shape index (κ2) is 4.25. The Bertz CT molecular complexity index is 538. The zero-order valence-electron chi connectivity index (χ0n) is 10.8. The Morgan fingerprint density at radius 1 is 1.28 bits per heavy atom. The SMILES string of the molecule is Cn1nc(-c2ccccc2)cc1C1(CCN)CC1. The molecule has 0 bridgehead atoms. The molecule has 0 aliphatic heterocycles. The molecule has 0 saturated heterocycles. The van der Waals surface area contributed by atoms with E-state index in [0.717, 1.165) is 18.7 Å². The normalized spacial score (nSPS) is 16.8. The van der Waals surface area contributed by atoms with Gasteiger partial charge in [-0.05, 0) is 31.9 Å². The Labute approximate surface area is 108 Å². The second-order valence-corrected chi connectivity index (χ2v) is 5.22. The minimum atomic E-state index is 0.309. The number of benzene rings is 1. The maximum atomic E-state index is 5.73. The van der Waals surface area contributed by atoms with E-state index >= 15 is 0 Å². The fourth-order valence-electron chi connectivity index (χ4n) is 2.77. The Balaban J connectivity index is 1.97. The van der Waals surface area contributed by atoms with Crippen molar-refractivity contribution in [2.75, 3.05) is 6.54 Å². The van der Waals surface area contributed by atoms with Crippen molar-refractivity contribution in [2.45, 2.75) is 24.7 Å². The van der Waals surface area contributed by atoms with Gasteiger partial charge >= 0.3 is 0 Å². The molecule has 0 atom stereocenters. The number of nitrogens with two attached hydrogens (primary N) is 1. The Morgan fingerprint density at radius 2 is 2.00 bits per heavy atom. The lowest BCUT2D eigenvalue weighted by Gasteiger charge is -2.13. The molecule has 2 aromatic rings. The molecule has 1 aromatic heterocycles. The van der Waals surface area contributed by atoms with Gasteiger partial charge < -0.3 is 5.73 Å². The van der Waals surface area contributed by atoms with E-state index in [4.69, 9.17) is 5.73 Å². The quantitative estimate of drug-likeness (QED) is 0.893. The first-order valence-electron chi connectivity index (χ1n) is 6.55. The number of hydrogen-bond donors (Lipinski definition) is 1. The Kier molecular flexibility index (Phi) is 2.71. The molecule has 0 spiro atoms. The molecule has 3 heteroatoms. The van der Waals surface area contributed by atoms with Gasteiger partial charge in [0, 0.05) is 23.7 Å². The topological polar surface area (TPSA) is 43.8 Å². The van der Waals surface area contributed by atoms with Gasteiger partial charge in [0.25, 0.3) is 0 Å². The number of aryl methyl sites for hydroxylation is 1. The lowest BCUT2D eigenvalue weighted by molar-refractivity contribution is 0.561. The largest absolute Gasteiger partial charge is 0.330 e. The average molecular weight is 241 g/mol. The molecule has 1 aliphatic rings. The van der Waals surface area contributed by atoms with Gasteiger partial charge in [-0.2, -0.15) is 5.10 Å². The molecule has 0 radical (unpaired) electrons. The van der Waals surface area contributed by atoms with Crippen LogP contribution in [-0.4, -0.2) is 16.3 Å². The summed E-state index contributed by atoms with van der Waals surface area (Å²) in [6, 6.07) is 12.6. The maximum absolute atomic E-state index is 5.73. The monoisotopic (exact) mass is 241 g/mol. The fraction of sp³-hybridized carbons (Fsp3) is 0.400. The summed E-state index contributed by atoms with van der Waals surface area (Å²) in [7, 11) is 2.04. The molecule has 1 fully saturated rings. The number of hydrogen-bond acceptors (Lipinski definition) is 2. The highest BCUT2D eigenvalue weighted by Crippen LogP contribution is 2.51. The molecule has 1 heterocycles. The molecule has 2 N–H and O–H groups in total. The van der Waals surface area contributed by atoms with Gasteiger partial charge in [-0.25, -0.2) is 0 Å². The van der Waals surface area contributed by atoms with Crippen LogP contribution in [0.1, 0.15) is 25.0 Å². The van der Waals surface area contributed by atoms with Gasteiger partial charge in [0.15, 0.2) is 0 Å². The van der Waals surface area contributed by atoms with Crippen LogP contribution in [0.15, 0.2) is 36.4 Å². The first-order chi connectivity index (χ1) is 8.75. The van der Waals surface area contributed by atoms with Gasteiger partial charge in [0.2, 0.25) is 0 Å². The molecule has 1 saturated carbocycles. The summed E-state index contributed by atoms with van der Waals surface area (Å²) in [4.78, 5) is 0. The number of nitrogens with zero attached hydrogens (tertiary/aromatic N) is 2. The van der Waals surface area contributed by atoms with Gasteiger partial charge in [-0.3, -0.25) is 4.68 Å². The van der Waals surface area contributed by atoms with Crippen LogP contribution in [0.3, 0.4) is 0 Å². The predicted molar refractivity (Wildman–Crippen MR) is 73.2 cm³/mol. The Morgan fingerprint density at radius 3 is 2.61 bits per heavy atom. The second-order valence-electron chi connectivity index (χ2n) is 5.22. The van der Waals surface area contributed by atoms with Crippen LogP contribution >= 0.6 is 0 Å². The van der Waals surface area contributed by atoms with E-state index in [0.29, 0.717) is 5.41 Å². The smallest absolute Gasteiger partial charge is 0.0926 e. The minimum absolute atomic E-state index is 0.309. The van der Waals surface area contributed by atoms with Gasteiger partial charge in [0.1, 0.15) is 0 Å². The highest BCUT2D eigenvalue weighted by molar-refractivity contribution is 5.59. The van der Waals surface area contributed by atoms with Crippen LogP contribution < -0.4 is 5.73 Å². The lowest BCUT2D eigenvalue weighted by Crippen LogP contribution is -2.16. The van der Waals surface area contributed by atoms with E-state index in [2.05, 4.69) is 35.4 Å². The standard InChI is InChI=1S/C15H19N3/c1-18-14(15(7-8-15)9-10-16)11-13(17-18)12-5-3-2-4-6-12/h2-6,11H,7-10,16H2,1H3. The van der Waals surface area contributed by atoms with Crippen LogP contribution in [0.4, 0.5) is 0 Å². The summed E-state index contributed by atoms with van der Waals surface area (Å²) in [6.45, 7) is 0.756. The third-order valence-corrected chi connectivity index (χ3v) is 3.97. The van der Waals surface area contributed by atoms with Crippen molar-refractivity contribution in [2.24, 2.45) is 12.8 Å². The van der Waals surface area contributed by atoms with E-state index in [1.165, 1.54) is 24.1 Å². The Hall–Kier alpha value is -1.61. The van der Waals surface area contributed by atoms with Gasteiger partial charge in [0.05, 0.1) is 5.69 Å². The van der Waals surface area contributed by atoms with E-state index in [1.807, 2.05) is 17.8 Å². The van der Waals surface area contributed by atoms with Crippen LogP contribution in [0.25, 0.3) is 11.3 Å². The molecule has 1 aliphatic carbocycles. The van der Waals surface area contributed by atoms with Crippen molar-refractivity contribution < 1.29 is 0 Å². The molecule has 0 amide bonds. The summed E-state index contributed by atoms with van der Waals surface area (Å²) in [5.41, 5.74) is 9.63. The summed E-state index contributed by atoms with van der Waals surface area (Å²) in [5, 5.41) is 4.65. The minimum Gasteiger partial charge on any atom is -0.330 e. The molecule has 0 unspecified atom stereocenters. The summed E-state index contributed by atoms with van der Waals surface area (Å²) in [6.07, 6.45) is 3.57. The molecule has 18 heavy (non-hydrogen) atoms. The number of aromatic nitrogens is 2. The summed E-state index contributed by atoms with van der Waals surface area (Å²) in [5.74, 6) is 0. The molecular formula is C15H19N3. The van der Waals surface area contributed by atoms with Gasteiger partial charge in [-0.15, -0.1) is 0 Å². The maximum Gasteiger partial charge on any atom is 0.0926 e. The molecule has 3 rings (SSSR count). The van der Waals surface area contributed by atoms with Crippen molar-refractivity contribution in [3.63, 3.8) is 0 Å². The van der Waals surface area contributed by atoms with Crippen LogP contribution in [0, 0.1) is 0 Å². The van der Waals surface area contributed by atoms with Crippen LogP contribution in [0.5, 0.6) is 0 Å². The van der Waals surface area contributed by atoms with Crippen LogP contribution in [-0.2, 0) is 12.5 Å². The highest BCUT2D eigenvalue weighted by Gasteiger charge is 2.45. The first kappa shape index (κ1) is 11.5. The molecule has 1 aromatic carbocycles. The molecule has 3 nitrogen and oxygen atoms in total. The van der Waals surface area contributed by atoms with Crippen molar-refractivity contribution >= 4 is 0 Å². The van der Waals surface area contributed by atoms with E-state index in [-0.39, 0.29) is 0 Å². The summed E-state index contributed by atoms with van der Waals surface area (Å²) >= 11 is 0. The number of rotatable bonds is 4. The van der Waals surface area contributed by atoms with Gasteiger partial charge in [-0.1, -0.05) is 30.3 Å². The zero-order valence-corrected chi connectivity index (χ0v) is 10.8. The molecule has 94 valence electrons. The zero-order chi connectivity index (χ0) is 12.6. The summed E-state index contributed by atoms with van der Waals surface area (Å²) < 4.78 is 2.03. The highest BCUT2D eigenvalue weighted by atomic mass is 15.3. The third kappa shape index (κ3) is 1.85. The molecular weight excluding hydrogens is 222 g/mol. The third-order valence-electron chi connectivity index (χ3n) is 3.97. The van der Waals surface area contributed by atoms with Crippen molar-refractivity contribution in [3.8, 4) is 11.3 Å². The van der Waals surface area contributed by atoms with Crippen molar-refractivity contribution in [1.82, 2.24) is 9.78 Å². The predicted octanol–water partition coefficient (Wildman–Crippen LogP) is 2.47.